The van der Waals surface area contributed by atoms with Crippen LogP contribution < -0.4 is 10.1 Å². The molecular weight excluding hydrogens is 273 g/mol. The molecule has 2 rings (SSSR count). The van der Waals surface area contributed by atoms with Crippen LogP contribution in [0.4, 0.5) is 4.39 Å². The van der Waals surface area contributed by atoms with E-state index in [-0.39, 0.29) is 12.4 Å². The van der Waals surface area contributed by atoms with Crippen molar-refractivity contribution in [1.82, 2.24) is 15.5 Å². The molecule has 5 nitrogen and oxygen atoms in total. The van der Waals surface area contributed by atoms with Gasteiger partial charge in [0.15, 0.2) is 6.61 Å². The van der Waals surface area contributed by atoms with Gasteiger partial charge in [-0.05, 0) is 17.7 Å². The third-order valence-electron chi connectivity index (χ3n) is 2.82. The molecular formula is C15H20FN3O2. The molecule has 1 heterocycles. The van der Waals surface area contributed by atoms with Crippen molar-refractivity contribution >= 4 is 0 Å². The van der Waals surface area contributed by atoms with E-state index >= 15 is 0 Å². The Morgan fingerprint density at radius 3 is 2.67 bits per heavy atom. The van der Waals surface area contributed by atoms with Crippen molar-refractivity contribution in [1.29, 1.82) is 0 Å². The zero-order chi connectivity index (χ0) is 15.2. The van der Waals surface area contributed by atoms with Gasteiger partial charge < -0.3 is 14.5 Å². The monoisotopic (exact) mass is 293 g/mol. The molecule has 0 saturated heterocycles. The summed E-state index contributed by atoms with van der Waals surface area (Å²) >= 11 is 0. The fourth-order valence-electron chi connectivity index (χ4n) is 1.76. The number of aromatic nitrogens is 2. The third kappa shape index (κ3) is 4.82. The Bertz CT molecular complexity index is 584. The second kappa shape index (κ2) is 7.17. The van der Waals surface area contributed by atoms with Crippen LogP contribution in [0.2, 0.25) is 0 Å². The Labute approximate surface area is 123 Å². The summed E-state index contributed by atoms with van der Waals surface area (Å²) in [6, 6.07) is 4.97. The van der Waals surface area contributed by atoms with E-state index in [2.05, 4.69) is 15.5 Å². The van der Waals surface area contributed by atoms with Gasteiger partial charge in [-0.15, -0.1) is 10.2 Å². The average molecular weight is 293 g/mol. The quantitative estimate of drug-likeness (QED) is 0.850. The van der Waals surface area contributed by atoms with Crippen molar-refractivity contribution < 1.29 is 13.5 Å². The van der Waals surface area contributed by atoms with E-state index in [0.29, 0.717) is 36.5 Å². The van der Waals surface area contributed by atoms with Crippen LogP contribution >= 0.6 is 0 Å². The number of nitrogens with zero attached hydrogens (tertiary/aromatic N) is 2. The van der Waals surface area contributed by atoms with Crippen LogP contribution in [-0.4, -0.2) is 16.2 Å². The van der Waals surface area contributed by atoms with Crippen molar-refractivity contribution in [2.75, 3.05) is 0 Å². The van der Waals surface area contributed by atoms with Crippen LogP contribution in [0, 0.1) is 5.82 Å². The SMILES string of the molecule is CCc1nnc(COc2cc(F)cc(CNC(C)C)c2)o1. The first kappa shape index (κ1) is 15.4. The van der Waals surface area contributed by atoms with Crippen molar-refractivity contribution in [2.45, 2.75) is 46.4 Å². The highest BCUT2D eigenvalue weighted by Gasteiger charge is 2.07. The largest absolute Gasteiger partial charge is 0.484 e. The van der Waals surface area contributed by atoms with Crippen LogP contribution in [-0.2, 0) is 19.6 Å². The smallest absolute Gasteiger partial charge is 0.253 e. The maximum atomic E-state index is 13.6. The molecule has 0 saturated carbocycles. The van der Waals surface area contributed by atoms with Crippen LogP contribution in [0.5, 0.6) is 5.75 Å². The molecule has 0 aliphatic rings. The molecule has 0 aliphatic carbocycles. The van der Waals surface area contributed by atoms with E-state index in [1.807, 2.05) is 20.8 Å². The second-order valence-electron chi connectivity index (χ2n) is 5.06. The molecule has 1 aromatic carbocycles. The molecule has 0 bridgehead atoms. The number of benzene rings is 1. The number of hydrogen-bond donors (Lipinski definition) is 1. The Hall–Kier alpha value is -1.95. The lowest BCUT2D eigenvalue weighted by molar-refractivity contribution is 0.258. The van der Waals surface area contributed by atoms with Crippen LogP contribution in [0.15, 0.2) is 22.6 Å². The summed E-state index contributed by atoms with van der Waals surface area (Å²) in [7, 11) is 0. The van der Waals surface area contributed by atoms with Gasteiger partial charge in [0.25, 0.3) is 5.89 Å². The van der Waals surface area contributed by atoms with E-state index in [1.54, 1.807) is 6.07 Å². The van der Waals surface area contributed by atoms with E-state index in [1.165, 1.54) is 12.1 Å². The zero-order valence-corrected chi connectivity index (χ0v) is 12.5. The summed E-state index contributed by atoms with van der Waals surface area (Å²) in [4.78, 5) is 0. The minimum atomic E-state index is -0.326. The molecule has 0 radical (unpaired) electrons. The minimum absolute atomic E-state index is 0.132. The number of nitrogens with one attached hydrogen (secondary N) is 1. The van der Waals surface area contributed by atoms with Crippen molar-refractivity contribution in [3.8, 4) is 5.75 Å². The number of aryl methyl sites for hydroxylation is 1. The third-order valence-corrected chi connectivity index (χ3v) is 2.82. The Kier molecular flexibility index (Phi) is 5.27. The van der Waals surface area contributed by atoms with E-state index in [9.17, 15) is 4.39 Å². The molecule has 0 atom stereocenters. The Morgan fingerprint density at radius 1 is 1.24 bits per heavy atom. The summed E-state index contributed by atoms with van der Waals surface area (Å²) in [5, 5.41) is 10.9. The molecule has 6 heteroatoms. The fraction of sp³-hybridized carbons (Fsp3) is 0.467. The van der Waals surface area contributed by atoms with Gasteiger partial charge in [-0.2, -0.15) is 0 Å². The van der Waals surface area contributed by atoms with Crippen molar-refractivity contribution in [2.24, 2.45) is 0 Å². The van der Waals surface area contributed by atoms with Crippen LogP contribution in [0.3, 0.4) is 0 Å². The molecule has 0 aliphatic heterocycles. The van der Waals surface area contributed by atoms with E-state index in [0.717, 1.165) is 5.56 Å². The topological polar surface area (TPSA) is 60.2 Å². The minimum Gasteiger partial charge on any atom is -0.484 e. The van der Waals surface area contributed by atoms with Gasteiger partial charge in [-0.3, -0.25) is 0 Å². The van der Waals surface area contributed by atoms with Gasteiger partial charge in [-0.1, -0.05) is 20.8 Å². The lowest BCUT2D eigenvalue weighted by atomic mass is 10.2. The Morgan fingerprint density at radius 2 is 2.00 bits per heavy atom. The van der Waals surface area contributed by atoms with Gasteiger partial charge >= 0.3 is 0 Å². The highest BCUT2D eigenvalue weighted by Crippen LogP contribution is 2.18. The highest BCUT2D eigenvalue weighted by atomic mass is 19.1. The zero-order valence-electron chi connectivity index (χ0n) is 12.5. The van der Waals surface area contributed by atoms with Gasteiger partial charge in [0.05, 0.1) is 0 Å². The predicted octanol–water partition coefficient (Wildman–Crippen LogP) is 2.85. The van der Waals surface area contributed by atoms with Gasteiger partial charge in [0, 0.05) is 25.1 Å². The van der Waals surface area contributed by atoms with E-state index in [4.69, 9.17) is 9.15 Å². The normalized spacial score (nSPS) is 11.1. The first-order chi connectivity index (χ1) is 10.1. The van der Waals surface area contributed by atoms with E-state index < -0.39 is 0 Å². The number of halogens is 1. The maximum Gasteiger partial charge on any atom is 0.253 e. The van der Waals surface area contributed by atoms with Gasteiger partial charge in [0.2, 0.25) is 5.89 Å². The number of rotatable bonds is 7. The molecule has 0 spiro atoms. The molecule has 0 unspecified atom stereocenters. The molecule has 0 fully saturated rings. The lowest BCUT2D eigenvalue weighted by Gasteiger charge is -2.10. The summed E-state index contributed by atoms with van der Waals surface area (Å²) in [6.07, 6.45) is 0.679. The Balaban J connectivity index is 1.98. The van der Waals surface area contributed by atoms with Gasteiger partial charge in [0.1, 0.15) is 11.6 Å². The van der Waals surface area contributed by atoms with Crippen molar-refractivity contribution in [3.05, 3.63) is 41.4 Å². The predicted molar refractivity (Wildman–Crippen MR) is 76.4 cm³/mol. The first-order valence-corrected chi connectivity index (χ1v) is 7.03. The molecule has 0 amide bonds. The summed E-state index contributed by atoms with van der Waals surface area (Å²) < 4.78 is 24.4. The lowest BCUT2D eigenvalue weighted by Crippen LogP contribution is -2.21. The van der Waals surface area contributed by atoms with Crippen molar-refractivity contribution in [3.63, 3.8) is 0 Å². The first-order valence-electron chi connectivity index (χ1n) is 7.03. The number of ether oxygens (including phenoxy) is 1. The summed E-state index contributed by atoms with van der Waals surface area (Å²) in [5.41, 5.74) is 0.832. The van der Waals surface area contributed by atoms with Gasteiger partial charge in [-0.25, -0.2) is 4.39 Å². The highest BCUT2D eigenvalue weighted by molar-refractivity contribution is 5.29. The summed E-state index contributed by atoms with van der Waals surface area (Å²) in [6.45, 7) is 6.73. The molecule has 1 N–H and O–H groups in total. The molecule has 114 valence electrons. The molecule has 2 aromatic rings. The average Bonchev–Trinajstić information content (AvgIpc) is 2.90. The maximum absolute atomic E-state index is 13.6. The molecule has 1 aromatic heterocycles. The number of hydrogen-bond acceptors (Lipinski definition) is 5. The summed E-state index contributed by atoms with van der Waals surface area (Å²) in [5.74, 6) is 1.08. The second-order valence-corrected chi connectivity index (χ2v) is 5.06. The molecule has 21 heavy (non-hydrogen) atoms. The van der Waals surface area contributed by atoms with Crippen LogP contribution in [0.25, 0.3) is 0 Å². The van der Waals surface area contributed by atoms with Crippen LogP contribution in [0.1, 0.15) is 38.1 Å². The standard InChI is InChI=1S/C15H20FN3O2/c1-4-14-18-19-15(21-14)9-20-13-6-11(5-12(16)7-13)8-17-10(2)3/h5-7,10,17H,4,8-9H2,1-3H3. The fourth-order valence-corrected chi connectivity index (χ4v) is 1.76.